The lowest BCUT2D eigenvalue weighted by molar-refractivity contribution is -0.140. The minimum atomic E-state index is -0.928. The van der Waals surface area contributed by atoms with E-state index in [0.29, 0.717) is 23.0 Å². The van der Waals surface area contributed by atoms with Crippen molar-refractivity contribution in [3.8, 4) is 0 Å². The highest BCUT2D eigenvalue weighted by Gasteiger charge is 2.38. The van der Waals surface area contributed by atoms with Gasteiger partial charge in [0, 0.05) is 10.7 Å². The highest BCUT2D eigenvalue weighted by Crippen LogP contribution is 2.36. The first kappa shape index (κ1) is 14.4. The number of carbonyl (C=O) groups is 2. The van der Waals surface area contributed by atoms with E-state index in [9.17, 15) is 14.7 Å². The SMILES string of the molecule is O=C(O)C(CC1CCCC1)N1C(=O)Cc2ccc(Cl)cc21. The number of aliphatic carboxylic acids is 1. The topological polar surface area (TPSA) is 57.6 Å². The number of benzene rings is 1. The molecule has 0 aromatic heterocycles. The normalized spacial score (nSPS) is 19.9. The third kappa shape index (κ3) is 2.77. The maximum Gasteiger partial charge on any atom is 0.326 e. The Kier molecular flexibility index (Phi) is 3.89. The van der Waals surface area contributed by atoms with Crippen molar-refractivity contribution >= 4 is 29.2 Å². The Hall–Kier alpha value is -1.55. The highest BCUT2D eigenvalue weighted by molar-refractivity contribution is 6.31. The van der Waals surface area contributed by atoms with Gasteiger partial charge in [0.05, 0.1) is 6.42 Å². The first-order valence-corrected chi connectivity index (χ1v) is 7.77. The highest BCUT2D eigenvalue weighted by atomic mass is 35.5. The van der Waals surface area contributed by atoms with Crippen LogP contribution in [0.3, 0.4) is 0 Å². The van der Waals surface area contributed by atoms with Crippen molar-refractivity contribution in [3.05, 3.63) is 28.8 Å². The van der Waals surface area contributed by atoms with Crippen LogP contribution in [0.4, 0.5) is 5.69 Å². The zero-order valence-corrected chi connectivity index (χ0v) is 12.5. The van der Waals surface area contributed by atoms with Crippen molar-refractivity contribution in [3.63, 3.8) is 0 Å². The Labute approximate surface area is 128 Å². The Morgan fingerprint density at radius 1 is 1.38 bits per heavy atom. The van der Waals surface area contributed by atoms with E-state index < -0.39 is 12.0 Å². The molecule has 1 atom stereocenters. The standard InChI is InChI=1S/C16H18ClNO3/c17-12-6-5-11-8-15(19)18(13(11)9-12)14(16(20)21)7-10-3-1-2-4-10/h5-6,9-10,14H,1-4,7-8H2,(H,20,21). The van der Waals surface area contributed by atoms with Gasteiger partial charge in [-0.1, -0.05) is 43.4 Å². The first-order chi connectivity index (χ1) is 10.1. The van der Waals surface area contributed by atoms with Gasteiger partial charge >= 0.3 is 5.97 Å². The van der Waals surface area contributed by atoms with Crippen molar-refractivity contribution in [2.45, 2.75) is 44.6 Å². The van der Waals surface area contributed by atoms with Gasteiger partial charge in [-0.3, -0.25) is 9.69 Å². The molecule has 0 spiro atoms. The van der Waals surface area contributed by atoms with Gasteiger partial charge in [-0.15, -0.1) is 0 Å². The molecule has 1 aliphatic heterocycles. The van der Waals surface area contributed by atoms with Crippen LogP contribution < -0.4 is 4.90 Å². The number of carbonyl (C=O) groups excluding carboxylic acids is 1. The molecule has 1 N–H and O–H groups in total. The smallest absolute Gasteiger partial charge is 0.326 e. The zero-order chi connectivity index (χ0) is 15.0. The molecule has 0 bridgehead atoms. The fourth-order valence-electron chi connectivity index (χ4n) is 3.51. The Morgan fingerprint density at radius 3 is 2.76 bits per heavy atom. The number of anilines is 1. The van der Waals surface area contributed by atoms with E-state index in [1.165, 1.54) is 4.90 Å². The van der Waals surface area contributed by atoms with Gasteiger partial charge in [0.2, 0.25) is 5.91 Å². The summed E-state index contributed by atoms with van der Waals surface area (Å²) in [6.45, 7) is 0. The third-order valence-electron chi connectivity index (χ3n) is 4.55. The molecule has 1 aromatic rings. The van der Waals surface area contributed by atoms with Gasteiger partial charge in [0.15, 0.2) is 0 Å². The van der Waals surface area contributed by atoms with Gasteiger partial charge in [-0.25, -0.2) is 4.79 Å². The van der Waals surface area contributed by atoms with Crippen LogP contribution in [-0.2, 0) is 16.0 Å². The Bertz CT molecular complexity index is 581. The second-order valence-electron chi connectivity index (χ2n) is 5.95. The van der Waals surface area contributed by atoms with Crippen molar-refractivity contribution in [1.29, 1.82) is 0 Å². The number of hydrogen-bond donors (Lipinski definition) is 1. The fourth-order valence-corrected chi connectivity index (χ4v) is 3.68. The van der Waals surface area contributed by atoms with E-state index in [0.717, 1.165) is 31.2 Å². The van der Waals surface area contributed by atoms with Crippen molar-refractivity contribution in [2.24, 2.45) is 5.92 Å². The van der Waals surface area contributed by atoms with Crippen LogP contribution in [0.25, 0.3) is 0 Å². The van der Waals surface area contributed by atoms with Gasteiger partial charge in [-0.05, 0) is 30.0 Å². The van der Waals surface area contributed by atoms with Gasteiger partial charge in [-0.2, -0.15) is 0 Å². The molecule has 0 saturated heterocycles. The van der Waals surface area contributed by atoms with E-state index in [2.05, 4.69) is 0 Å². The Balaban J connectivity index is 1.90. The van der Waals surface area contributed by atoms with Crippen molar-refractivity contribution in [1.82, 2.24) is 0 Å². The molecule has 1 aliphatic carbocycles. The number of hydrogen-bond acceptors (Lipinski definition) is 2. The number of amides is 1. The molecule has 0 radical (unpaired) electrons. The Morgan fingerprint density at radius 2 is 2.10 bits per heavy atom. The molecule has 2 aliphatic rings. The number of fused-ring (bicyclic) bond motifs is 1. The van der Waals surface area contributed by atoms with Gasteiger partial charge in [0.25, 0.3) is 0 Å². The summed E-state index contributed by atoms with van der Waals surface area (Å²) in [5.74, 6) is -0.664. The predicted octanol–water partition coefficient (Wildman–Crippen LogP) is 3.26. The maximum atomic E-state index is 12.3. The molecular formula is C16H18ClNO3. The number of halogens is 1. The lowest BCUT2D eigenvalue weighted by Crippen LogP contribution is -2.44. The van der Waals surface area contributed by atoms with E-state index in [1.807, 2.05) is 6.07 Å². The fraction of sp³-hybridized carbons (Fsp3) is 0.500. The number of carboxylic acid groups (broad SMARTS) is 1. The average molecular weight is 308 g/mol. The average Bonchev–Trinajstić information content (AvgIpc) is 3.03. The summed E-state index contributed by atoms with van der Waals surface area (Å²) in [5.41, 5.74) is 1.53. The van der Waals surface area contributed by atoms with Crippen LogP contribution in [0.1, 0.15) is 37.7 Å². The molecule has 21 heavy (non-hydrogen) atoms. The van der Waals surface area contributed by atoms with E-state index >= 15 is 0 Å². The lowest BCUT2D eigenvalue weighted by Gasteiger charge is -2.27. The number of nitrogens with zero attached hydrogens (tertiary/aromatic N) is 1. The quantitative estimate of drug-likeness (QED) is 0.929. The predicted molar refractivity (Wildman–Crippen MR) is 80.6 cm³/mol. The first-order valence-electron chi connectivity index (χ1n) is 7.39. The second kappa shape index (κ2) is 5.68. The van der Waals surface area contributed by atoms with Crippen LogP contribution in [0, 0.1) is 5.92 Å². The summed E-state index contributed by atoms with van der Waals surface area (Å²) in [6.07, 6.45) is 5.25. The monoisotopic (exact) mass is 307 g/mol. The molecule has 1 fully saturated rings. The van der Waals surface area contributed by atoms with Crippen LogP contribution in [-0.4, -0.2) is 23.0 Å². The molecule has 1 amide bonds. The maximum absolute atomic E-state index is 12.3. The third-order valence-corrected chi connectivity index (χ3v) is 4.78. The minimum absolute atomic E-state index is 0.141. The van der Waals surface area contributed by atoms with Gasteiger partial charge in [0.1, 0.15) is 6.04 Å². The molecule has 1 aromatic carbocycles. The summed E-state index contributed by atoms with van der Waals surface area (Å²) in [4.78, 5) is 25.4. The van der Waals surface area contributed by atoms with Crippen molar-refractivity contribution in [2.75, 3.05) is 4.90 Å². The molecule has 4 nitrogen and oxygen atoms in total. The lowest BCUT2D eigenvalue weighted by atomic mass is 9.97. The second-order valence-corrected chi connectivity index (χ2v) is 6.39. The molecule has 5 heteroatoms. The van der Waals surface area contributed by atoms with E-state index in [4.69, 9.17) is 11.6 Å². The molecular weight excluding hydrogens is 290 g/mol. The van der Waals surface area contributed by atoms with E-state index in [1.54, 1.807) is 12.1 Å². The zero-order valence-electron chi connectivity index (χ0n) is 11.7. The number of carboxylic acids is 1. The number of rotatable bonds is 4. The molecule has 112 valence electrons. The molecule has 1 heterocycles. The summed E-state index contributed by atoms with van der Waals surface area (Å²) < 4.78 is 0. The molecule has 3 rings (SSSR count). The van der Waals surface area contributed by atoms with E-state index in [-0.39, 0.29) is 12.3 Å². The summed E-state index contributed by atoms with van der Waals surface area (Å²) in [7, 11) is 0. The van der Waals surface area contributed by atoms with Crippen molar-refractivity contribution < 1.29 is 14.7 Å². The van der Waals surface area contributed by atoms with Crippen LogP contribution in [0.2, 0.25) is 5.02 Å². The molecule has 1 unspecified atom stereocenters. The summed E-state index contributed by atoms with van der Waals surface area (Å²) in [6, 6.07) is 4.47. The summed E-state index contributed by atoms with van der Waals surface area (Å²) >= 11 is 6.01. The van der Waals surface area contributed by atoms with Crippen LogP contribution >= 0.6 is 11.6 Å². The largest absolute Gasteiger partial charge is 0.480 e. The van der Waals surface area contributed by atoms with Crippen LogP contribution in [0.5, 0.6) is 0 Å². The minimum Gasteiger partial charge on any atom is -0.480 e. The summed E-state index contributed by atoms with van der Waals surface area (Å²) in [5, 5.41) is 10.1. The van der Waals surface area contributed by atoms with Gasteiger partial charge < -0.3 is 5.11 Å². The molecule has 1 saturated carbocycles. The van der Waals surface area contributed by atoms with Crippen LogP contribution in [0.15, 0.2) is 18.2 Å².